The number of rotatable bonds is 4. The number of amides is 1. The van der Waals surface area contributed by atoms with E-state index in [-0.39, 0.29) is 21.8 Å². The van der Waals surface area contributed by atoms with E-state index < -0.39 is 15.5 Å². The Morgan fingerprint density at radius 3 is 2.34 bits per heavy atom. The first-order valence-electron chi connectivity index (χ1n) is 11.7. The van der Waals surface area contributed by atoms with Gasteiger partial charge in [0.1, 0.15) is 5.56 Å². The zero-order valence-electron chi connectivity index (χ0n) is 19.2. The molecule has 2 atom stereocenters. The third kappa shape index (κ3) is 4.22. The van der Waals surface area contributed by atoms with Gasteiger partial charge in [0.2, 0.25) is 15.5 Å². The Hall–Kier alpha value is -2.19. The first-order chi connectivity index (χ1) is 15.2. The van der Waals surface area contributed by atoms with Gasteiger partial charge in [0.25, 0.3) is 5.91 Å². The molecule has 0 aliphatic carbocycles. The van der Waals surface area contributed by atoms with E-state index in [9.17, 15) is 18.0 Å². The number of benzene rings is 1. The molecule has 1 amide bonds. The van der Waals surface area contributed by atoms with Crippen LogP contribution in [0.25, 0.3) is 10.9 Å². The van der Waals surface area contributed by atoms with Gasteiger partial charge < -0.3 is 9.47 Å². The van der Waals surface area contributed by atoms with Gasteiger partial charge in [-0.25, -0.2) is 8.42 Å². The van der Waals surface area contributed by atoms with Gasteiger partial charge in [-0.3, -0.25) is 9.59 Å². The molecular weight excluding hydrogens is 426 g/mol. The highest BCUT2D eigenvalue weighted by atomic mass is 32.2. The number of pyridine rings is 1. The third-order valence-electron chi connectivity index (χ3n) is 6.74. The van der Waals surface area contributed by atoms with Crippen molar-refractivity contribution in [3.8, 4) is 0 Å². The quantitative estimate of drug-likeness (QED) is 0.703. The summed E-state index contributed by atoms with van der Waals surface area (Å²) in [5.41, 5.74) is 0.376. The Labute approximate surface area is 190 Å². The average Bonchev–Trinajstić information content (AvgIpc) is 2.78. The topological polar surface area (TPSA) is 79.7 Å². The van der Waals surface area contributed by atoms with Crippen LogP contribution in [0.5, 0.6) is 0 Å². The van der Waals surface area contributed by atoms with Crippen LogP contribution in [0.2, 0.25) is 0 Å². The maximum Gasteiger partial charge on any atom is 0.259 e. The summed E-state index contributed by atoms with van der Waals surface area (Å²) in [5, 5.41) is 0.286. The molecular formula is C24H33N3O4S. The molecule has 0 N–H and O–H groups in total. The van der Waals surface area contributed by atoms with Crippen molar-refractivity contribution in [3.63, 3.8) is 0 Å². The lowest BCUT2D eigenvalue weighted by Crippen LogP contribution is -2.42. The van der Waals surface area contributed by atoms with Crippen LogP contribution in [-0.2, 0) is 16.6 Å². The Morgan fingerprint density at radius 2 is 1.72 bits per heavy atom. The van der Waals surface area contributed by atoms with Crippen LogP contribution in [0.4, 0.5) is 0 Å². The summed E-state index contributed by atoms with van der Waals surface area (Å²) >= 11 is 0. The summed E-state index contributed by atoms with van der Waals surface area (Å²) < 4.78 is 30.2. The Bertz CT molecular complexity index is 1170. The maximum atomic E-state index is 13.4. The molecule has 0 unspecified atom stereocenters. The van der Waals surface area contributed by atoms with E-state index in [2.05, 4.69) is 13.8 Å². The minimum atomic E-state index is -3.72. The number of likely N-dealkylation sites (tertiary alicyclic amines) is 1. The molecule has 2 aromatic rings. The predicted molar refractivity (Wildman–Crippen MR) is 125 cm³/mol. The van der Waals surface area contributed by atoms with E-state index in [1.165, 1.54) is 10.4 Å². The average molecular weight is 460 g/mol. The summed E-state index contributed by atoms with van der Waals surface area (Å²) in [4.78, 5) is 28.3. The molecule has 174 valence electrons. The van der Waals surface area contributed by atoms with E-state index in [1.807, 2.05) is 11.5 Å². The summed E-state index contributed by atoms with van der Waals surface area (Å²) in [6, 6.07) is 4.74. The standard InChI is InChI=1S/C24H33N3O4S/c1-4-25-16-21(24(29)26-10-6-5-7-11-26)23(28)20-13-19(8-9-22(20)25)32(30,31)27-14-17(2)12-18(3)15-27/h8-9,13,16-18H,4-7,10-12,14-15H2,1-3H3/t17-,18+. The first-order valence-corrected chi connectivity index (χ1v) is 13.1. The van der Waals surface area contributed by atoms with Crippen LogP contribution < -0.4 is 5.43 Å². The lowest BCUT2D eigenvalue weighted by Gasteiger charge is -2.34. The zero-order chi connectivity index (χ0) is 23.0. The molecule has 0 spiro atoms. The van der Waals surface area contributed by atoms with E-state index in [1.54, 1.807) is 23.2 Å². The minimum Gasteiger partial charge on any atom is -0.347 e. The van der Waals surface area contributed by atoms with E-state index in [4.69, 9.17) is 0 Å². The molecule has 8 heteroatoms. The van der Waals surface area contributed by atoms with Gasteiger partial charge in [-0.2, -0.15) is 4.31 Å². The SMILES string of the molecule is CCn1cc(C(=O)N2CCCCC2)c(=O)c2cc(S(=O)(=O)N3C[C@H](C)C[C@H](C)C3)ccc21. The molecule has 0 saturated carbocycles. The molecule has 0 radical (unpaired) electrons. The fourth-order valence-electron chi connectivity index (χ4n) is 5.17. The van der Waals surface area contributed by atoms with Crippen molar-refractivity contribution in [2.75, 3.05) is 26.2 Å². The smallest absolute Gasteiger partial charge is 0.259 e. The van der Waals surface area contributed by atoms with Gasteiger partial charge in [0.05, 0.1) is 10.4 Å². The molecule has 2 fully saturated rings. The Morgan fingerprint density at radius 1 is 1.06 bits per heavy atom. The second-order valence-electron chi connectivity index (χ2n) is 9.46. The number of sulfonamides is 1. The van der Waals surface area contributed by atoms with Crippen molar-refractivity contribution in [2.45, 2.75) is 57.9 Å². The van der Waals surface area contributed by atoms with Crippen LogP contribution in [0.1, 0.15) is 56.8 Å². The lowest BCUT2D eigenvalue weighted by atomic mass is 9.94. The van der Waals surface area contributed by atoms with E-state index >= 15 is 0 Å². The molecule has 7 nitrogen and oxygen atoms in total. The van der Waals surface area contributed by atoms with Crippen LogP contribution in [0.15, 0.2) is 34.1 Å². The number of carbonyl (C=O) groups excluding carboxylic acids is 1. The Kier molecular flexibility index (Phi) is 6.45. The molecule has 2 saturated heterocycles. The number of carbonyl (C=O) groups is 1. The largest absolute Gasteiger partial charge is 0.347 e. The number of hydrogen-bond acceptors (Lipinski definition) is 4. The fourth-order valence-corrected chi connectivity index (χ4v) is 6.88. The molecule has 2 aliphatic heterocycles. The molecule has 32 heavy (non-hydrogen) atoms. The number of nitrogens with zero attached hydrogens (tertiary/aromatic N) is 3. The van der Waals surface area contributed by atoms with Crippen molar-refractivity contribution in [1.29, 1.82) is 0 Å². The van der Waals surface area contributed by atoms with Crippen LogP contribution in [0.3, 0.4) is 0 Å². The number of aromatic nitrogens is 1. The monoisotopic (exact) mass is 459 g/mol. The van der Waals surface area contributed by atoms with Gasteiger partial charge in [0.15, 0.2) is 0 Å². The highest BCUT2D eigenvalue weighted by molar-refractivity contribution is 7.89. The molecule has 1 aromatic heterocycles. The van der Waals surface area contributed by atoms with Crippen molar-refractivity contribution >= 4 is 26.8 Å². The maximum absolute atomic E-state index is 13.4. The summed E-state index contributed by atoms with van der Waals surface area (Å²) in [6.45, 7) is 8.93. The second-order valence-corrected chi connectivity index (χ2v) is 11.4. The van der Waals surface area contributed by atoms with Gasteiger partial charge in [-0.05, 0) is 62.6 Å². The number of piperidine rings is 2. The summed E-state index contributed by atoms with van der Waals surface area (Å²) in [5.74, 6) is 0.325. The molecule has 2 aliphatic rings. The van der Waals surface area contributed by atoms with Gasteiger partial charge in [0, 0.05) is 44.3 Å². The molecule has 3 heterocycles. The molecule has 4 rings (SSSR count). The van der Waals surface area contributed by atoms with Crippen molar-refractivity contribution < 1.29 is 13.2 Å². The second kappa shape index (κ2) is 8.98. The van der Waals surface area contributed by atoms with Crippen LogP contribution >= 0.6 is 0 Å². The highest BCUT2D eigenvalue weighted by Crippen LogP contribution is 2.28. The number of aryl methyl sites for hydroxylation is 1. The summed E-state index contributed by atoms with van der Waals surface area (Å²) in [7, 11) is -3.72. The van der Waals surface area contributed by atoms with Crippen LogP contribution in [0, 0.1) is 11.8 Å². The molecule has 1 aromatic carbocycles. The van der Waals surface area contributed by atoms with Crippen molar-refractivity contribution in [3.05, 3.63) is 40.2 Å². The van der Waals surface area contributed by atoms with Crippen molar-refractivity contribution in [2.24, 2.45) is 11.8 Å². The van der Waals surface area contributed by atoms with Gasteiger partial charge >= 0.3 is 0 Å². The van der Waals surface area contributed by atoms with Gasteiger partial charge in [-0.1, -0.05) is 13.8 Å². The van der Waals surface area contributed by atoms with Gasteiger partial charge in [-0.15, -0.1) is 0 Å². The summed E-state index contributed by atoms with van der Waals surface area (Å²) in [6.07, 6.45) is 5.61. The fraction of sp³-hybridized carbons (Fsp3) is 0.583. The lowest BCUT2D eigenvalue weighted by molar-refractivity contribution is 0.0722. The van der Waals surface area contributed by atoms with Crippen molar-refractivity contribution in [1.82, 2.24) is 13.8 Å². The highest BCUT2D eigenvalue weighted by Gasteiger charge is 2.32. The first kappa shape index (κ1) is 23.0. The Balaban J connectivity index is 1.79. The van der Waals surface area contributed by atoms with Crippen LogP contribution in [-0.4, -0.2) is 54.3 Å². The third-order valence-corrected chi connectivity index (χ3v) is 8.57. The number of hydrogen-bond donors (Lipinski definition) is 0. The van der Waals surface area contributed by atoms with E-state index in [0.29, 0.717) is 50.1 Å². The molecule has 0 bridgehead atoms. The van der Waals surface area contributed by atoms with E-state index in [0.717, 1.165) is 25.7 Å². The zero-order valence-corrected chi connectivity index (χ0v) is 20.0. The predicted octanol–water partition coefficient (Wildman–Crippen LogP) is 3.31. The normalized spacial score (nSPS) is 22.9. The minimum absolute atomic E-state index is 0.119. The number of fused-ring (bicyclic) bond motifs is 1.